The fourth-order valence-electron chi connectivity index (χ4n) is 1.97. The molecule has 0 saturated heterocycles. The van der Waals surface area contributed by atoms with Gasteiger partial charge in [-0.25, -0.2) is 4.98 Å². The van der Waals surface area contributed by atoms with E-state index in [0.717, 1.165) is 56.9 Å². The molecular formula is C15H29N3O2S. The number of hydrogen-bond acceptors (Lipinski definition) is 6. The van der Waals surface area contributed by atoms with Gasteiger partial charge in [0.25, 0.3) is 0 Å². The van der Waals surface area contributed by atoms with Crippen LogP contribution in [-0.2, 0) is 9.47 Å². The van der Waals surface area contributed by atoms with Gasteiger partial charge in [0.15, 0.2) is 5.13 Å². The van der Waals surface area contributed by atoms with Crippen molar-refractivity contribution in [3.8, 4) is 0 Å². The summed E-state index contributed by atoms with van der Waals surface area (Å²) in [5.41, 5.74) is 1.11. The lowest BCUT2D eigenvalue weighted by molar-refractivity contribution is 0.141. The van der Waals surface area contributed by atoms with E-state index in [4.69, 9.17) is 14.5 Å². The van der Waals surface area contributed by atoms with Gasteiger partial charge < -0.3 is 19.7 Å². The van der Waals surface area contributed by atoms with Crippen LogP contribution in [0.2, 0.25) is 0 Å². The van der Waals surface area contributed by atoms with E-state index in [1.807, 2.05) is 13.8 Å². The van der Waals surface area contributed by atoms with Crippen molar-refractivity contribution in [2.45, 2.75) is 33.7 Å². The van der Waals surface area contributed by atoms with Gasteiger partial charge in [-0.1, -0.05) is 6.92 Å². The molecule has 1 atom stereocenters. The molecule has 6 heteroatoms. The van der Waals surface area contributed by atoms with Gasteiger partial charge >= 0.3 is 0 Å². The van der Waals surface area contributed by atoms with E-state index in [1.165, 1.54) is 0 Å². The Balaban J connectivity index is 2.62. The smallest absolute Gasteiger partial charge is 0.185 e. The molecule has 0 aliphatic heterocycles. The molecule has 5 nitrogen and oxygen atoms in total. The predicted molar refractivity (Wildman–Crippen MR) is 89.4 cm³/mol. The Kier molecular flexibility index (Phi) is 9.58. The zero-order chi connectivity index (χ0) is 15.5. The zero-order valence-corrected chi connectivity index (χ0v) is 14.5. The fraction of sp³-hybridized carbons (Fsp3) is 0.800. The Labute approximate surface area is 132 Å². The van der Waals surface area contributed by atoms with Gasteiger partial charge in [0.1, 0.15) is 0 Å². The van der Waals surface area contributed by atoms with E-state index in [1.54, 1.807) is 11.3 Å². The van der Waals surface area contributed by atoms with Crippen molar-refractivity contribution in [1.29, 1.82) is 0 Å². The van der Waals surface area contributed by atoms with Gasteiger partial charge in [-0.2, -0.15) is 0 Å². The number of ether oxygens (including phenoxy) is 2. The fourth-order valence-corrected chi connectivity index (χ4v) is 2.95. The van der Waals surface area contributed by atoms with Crippen molar-refractivity contribution in [3.63, 3.8) is 0 Å². The van der Waals surface area contributed by atoms with Crippen molar-refractivity contribution in [1.82, 2.24) is 10.3 Å². The average Bonchev–Trinajstić information content (AvgIpc) is 2.96. The summed E-state index contributed by atoms with van der Waals surface area (Å²) in [7, 11) is 0. The maximum atomic E-state index is 5.47. The highest BCUT2D eigenvalue weighted by molar-refractivity contribution is 7.13. The van der Waals surface area contributed by atoms with Crippen LogP contribution in [0.25, 0.3) is 0 Å². The SMILES string of the molecule is CCNC(C)c1csc(N(CCOCC)CCOCC)n1. The van der Waals surface area contributed by atoms with Crippen LogP contribution in [-0.4, -0.2) is 51.0 Å². The first kappa shape index (κ1) is 18.4. The number of aromatic nitrogens is 1. The molecule has 0 fully saturated rings. The van der Waals surface area contributed by atoms with Crippen LogP contribution >= 0.6 is 11.3 Å². The first-order chi connectivity index (χ1) is 10.2. The first-order valence-electron chi connectivity index (χ1n) is 7.82. The first-order valence-corrected chi connectivity index (χ1v) is 8.70. The van der Waals surface area contributed by atoms with Crippen LogP contribution in [0.5, 0.6) is 0 Å². The number of nitrogens with one attached hydrogen (secondary N) is 1. The normalized spacial score (nSPS) is 12.6. The van der Waals surface area contributed by atoms with Gasteiger partial charge in [0.2, 0.25) is 0 Å². The van der Waals surface area contributed by atoms with Crippen molar-refractivity contribution in [2.24, 2.45) is 0 Å². The number of anilines is 1. The third kappa shape index (κ3) is 6.74. The standard InChI is InChI=1S/C15H29N3O2S/c1-5-16-13(4)14-12-21-15(17-14)18(8-10-19-6-2)9-11-20-7-3/h12-13,16H,5-11H2,1-4H3. The second-order valence-electron chi connectivity index (χ2n) is 4.72. The van der Waals surface area contributed by atoms with Crippen LogP contribution < -0.4 is 10.2 Å². The molecule has 1 aromatic rings. The Morgan fingerprint density at radius 1 is 1.19 bits per heavy atom. The monoisotopic (exact) mass is 315 g/mol. The number of hydrogen-bond donors (Lipinski definition) is 1. The maximum absolute atomic E-state index is 5.47. The van der Waals surface area contributed by atoms with Crippen LogP contribution in [0.4, 0.5) is 5.13 Å². The molecule has 1 N–H and O–H groups in total. The van der Waals surface area contributed by atoms with Crippen molar-refractivity contribution >= 4 is 16.5 Å². The second-order valence-corrected chi connectivity index (χ2v) is 5.55. The largest absolute Gasteiger partial charge is 0.380 e. The minimum Gasteiger partial charge on any atom is -0.380 e. The summed E-state index contributed by atoms with van der Waals surface area (Å²) >= 11 is 1.69. The molecule has 0 aliphatic carbocycles. The van der Waals surface area contributed by atoms with E-state index in [-0.39, 0.29) is 0 Å². The molecule has 0 spiro atoms. The quantitative estimate of drug-likeness (QED) is 0.601. The molecule has 21 heavy (non-hydrogen) atoms. The van der Waals surface area contributed by atoms with E-state index in [2.05, 4.69) is 29.4 Å². The van der Waals surface area contributed by atoms with Gasteiger partial charge in [-0.05, 0) is 27.3 Å². The van der Waals surface area contributed by atoms with Crippen molar-refractivity contribution in [2.75, 3.05) is 51.0 Å². The van der Waals surface area contributed by atoms with Crippen molar-refractivity contribution in [3.05, 3.63) is 11.1 Å². The minimum absolute atomic E-state index is 0.292. The molecule has 0 amide bonds. The van der Waals surface area contributed by atoms with Crippen LogP contribution in [0, 0.1) is 0 Å². The Morgan fingerprint density at radius 2 is 1.81 bits per heavy atom. The number of thiazole rings is 1. The summed E-state index contributed by atoms with van der Waals surface area (Å²) < 4.78 is 10.9. The van der Waals surface area contributed by atoms with Gasteiger partial charge in [-0.3, -0.25) is 0 Å². The molecule has 122 valence electrons. The molecule has 1 unspecified atom stereocenters. The topological polar surface area (TPSA) is 46.6 Å². The Hall–Kier alpha value is -0.690. The minimum atomic E-state index is 0.292. The molecule has 0 aliphatic rings. The van der Waals surface area contributed by atoms with E-state index in [0.29, 0.717) is 6.04 Å². The average molecular weight is 315 g/mol. The molecule has 1 rings (SSSR count). The third-order valence-electron chi connectivity index (χ3n) is 3.15. The number of rotatable bonds is 12. The summed E-state index contributed by atoms with van der Waals surface area (Å²) in [5, 5.41) is 6.58. The summed E-state index contributed by atoms with van der Waals surface area (Å²) in [6, 6.07) is 0.292. The highest BCUT2D eigenvalue weighted by Crippen LogP contribution is 2.23. The lowest BCUT2D eigenvalue weighted by Gasteiger charge is -2.21. The molecule has 0 aromatic carbocycles. The maximum Gasteiger partial charge on any atom is 0.185 e. The lowest BCUT2D eigenvalue weighted by atomic mass is 10.3. The summed E-state index contributed by atoms with van der Waals surface area (Å²) in [5.74, 6) is 0. The van der Waals surface area contributed by atoms with E-state index < -0.39 is 0 Å². The Bertz CT molecular complexity index is 364. The van der Waals surface area contributed by atoms with Crippen molar-refractivity contribution < 1.29 is 9.47 Å². The second kappa shape index (κ2) is 11.0. The van der Waals surface area contributed by atoms with E-state index >= 15 is 0 Å². The van der Waals surface area contributed by atoms with Gasteiger partial charge in [0, 0.05) is 37.7 Å². The van der Waals surface area contributed by atoms with E-state index in [9.17, 15) is 0 Å². The summed E-state index contributed by atoms with van der Waals surface area (Å²) in [6.07, 6.45) is 0. The molecule has 1 heterocycles. The summed E-state index contributed by atoms with van der Waals surface area (Å²) in [6.45, 7) is 13.9. The molecule has 1 aromatic heterocycles. The van der Waals surface area contributed by atoms with Gasteiger partial charge in [0.05, 0.1) is 18.9 Å². The molecular weight excluding hydrogens is 286 g/mol. The molecule has 0 saturated carbocycles. The van der Waals surface area contributed by atoms with Gasteiger partial charge in [-0.15, -0.1) is 11.3 Å². The summed E-state index contributed by atoms with van der Waals surface area (Å²) in [4.78, 5) is 7.01. The van der Waals surface area contributed by atoms with Crippen LogP contribution in [0.15, 0.2) is 5.38 Å². The van der Waals surface area contributed by atoms with Crippen LogP contribution in [0.1, 0.15) is 39.4 Å². The lowest BCUT2D eigenvalue weighted by Crippen LogP contribution is -2.31. The molecule has 0 bridgehead atoms. The third-order valence-corrected chi connectivity index (χ3v) is 4.07. The zero-order valence-electron chi connectivity index (χ0n) is 13.7. The Morgan fingerprint density at radius 3 is 2.33 bits per heavy atom. The van der Waals surface area contributed by atoms with Crippen LogP contribution in [0.3, 0.4) is 0 Å². The predicted octanol–water partition coefficient (Wildman–Crippen LogP) is 2.69. The number of nitrogens with zero attached hydrogens (tertiary/aromatic N) is 2. The highest BCUT2D eigenvalue weighted by Gasteiger charge is 2.14. The molecule has 0 radical (unpaired) electrons. The highest BCUT2D eigenvalue weighted by atomic mass is 32.1.